The van der Waals surface area contributed by atoms with E-state index in [1.807, 2.05) is 4.90 Å². The van der Waals surface area contributed by atoms with Crippen molar-refractivity contribution in [1.29, 1.82) is 0 Å². The number of carbonyl (C=O) groups is 1. The normalized spacial score (nSPS) is 20.7. The molecule has 132 valence electrons. The van der Waals surface area contributed by atoms with E-state index >= 15 is 0 Å². The van der Waals surface area contributed by atoms with Gasteiger partial charge in [0.2, 0.25) is 0 Å². The zero-order chi connectivity index (χ0) is 17.1. The maximum atomic E-state index is 12.7. The quantitative estimate of drug-likeness (QED) is 0.840. The molecule has 7 heteroatoms. The number of hydrogen-bond donors (Lipinski definition) is 0. The molecule has 4 rings (SSSR count). The van der Waals surface area contributed by atoms with Gasteiger partial charge < -0.3 is 9.64 Å². The number of amides is 1. The van der Waals surface area contributed by atoms with Gasteiger partial charge in [0, 0.05) is 43.4 Å². The molecule has 2 fully saturated rings. The van der Waals surface area contributed by atoms with Crippen molar-refractivity contribution < 1.29 is 9.53 Å². The fraction of sp³-hybridized carbons (Fsp3) is 0.500. The predicted octanol–water partition coefficient (Wildman–Crippen LogP) is 2.05. The van der Waals surface area contributed by atoms with Crippen LogP contribution in [0.25, 0.3) is 0 Å². The van der Waals surface area contributed by atoms with E-state index in [2.05, 4.69) is 32.4 Å². The highest BCUT2D eigenvalue weighted by molar-refractivity contribution is 7.09. The van der Waals surface area contributed by atoms with Crippen LogP contribution in [0.1, 0.15) is 28.2 Å². The van der Waals surface area contributed by atoms with Gasteiger partial charge in [-0.2, -0.15) is 0 Å². The van der Waals surface area contributed by atoms with Gasteiger partial charge in [0.1, 0.15) is 5.69 Å². The first-order valence-corrected chi connectivity index (χ1v) is 9.56. The van der Waals surface area contributed by atoms with Crippen LogP contribution in [0, 0.1) is 0 Å². The van der Waals surface area contributed by atoms with Crippen LogP contribution < -0.4 is 0 Å². The summed E-state index contributed by atoms with van der Waals surface area (Å²) in [6.07, 6.45) is 6.60. The van der Waals surface area contributed by atoms with E-state index in [-0.39, 0.29) is 11.5 Å². The molecule has 2 aromatic rings. The number of hydrogen-bond acceptors (Lipinski definition) is 6. The average Bonchev–Trinajstić information content (AvgIpc) is 3.17. The summed E-state index contributed by atoms with van der Waals surface area (Å²) >= 11 is 1.81. The van der Waals surface area contributed by atoms with E-state index in [9.17, 15) is 4.79 Å². The van der Waals surface area contributed by atoms with Crippen molar-refractivity contribution in [1.82, 2.24) is 19.8 Å². The van der Waals surface area contributed by atoms with Gasteiger partial charge in [-0.15, -0.1) is 11.3 Å². The Morgan fingerprint density at radius 1 is 1.28 bits per heavy atom. The van der Waals surface area contributed by atoms with Gasteiger partial charge in [-0.3, -0.25) is 14.7 Å². The Bertz CT molecular complexity index is 699. The Kier molecular flexibility index (Phi) is 4.78. The monoisotopic (exact) mass is 358 g/mol. The molecule has 0 saturated carbocycles. The molecule has 2 aromatic heterocycles. The molecule has 4 heterocycles. The highest BCUT2D eigenvalue weighted by atomic mass is 32.1. The van der Waals surface area contributed by atoms with E-state index in [0.29, 0.717) is 25.4 Å². The Morgan fingerprint density at radius 3 is 2.88 bits per heavy atom. The van der Waals surface area contributed by atoms with E-state index in [0.717, 1.165) is 32.5 Å². The summed E-state index contributed by atoms with van der Waals surface area (Å²) in [5.41, 5.74) is 0.205. The van der Waals surface area contributed by atoms with Crippen LogP contribution in [-0.4, -0.2) is 64.1 Å². The molecule has 0 atom stereocenters. The number of ether oxygens (including phenoxy) is 1. The number of nitrogens with zero attached hydrogens (tertiary/aromatic N) is 4. The summed E-state index contributed by atoms with van der Waals surface area (Å²) < 4.78 is 6.15. The average molecular weight is 358 g/mol. The van der Waals surface area contributed by atoms with Crippen LogP contribution in [-0.2, 0) is 11.3 Å². The minimum absolute atomic E-state index is 0.0446. The molecule has 0 radical (unpaired) electrons. The van der Waals surface area contributed by atoms with Crippen molar-refractivity contribution in [3.8, 4) is 0 Å². The number of likely N-dealkylation sites (tertiary alicyclic amines) is 1. The van der Waals surface area contributed by atoms with Gasteiger partial charge in [-0.05, 0) is 24.3 Å². The van der Waals surface area contributed by atoms with Gasteiger partial charge >= 0.3 is 0 Å². The molecule has 0 bridgehead atoms. The topological polar surface area (TPSA) is 58.6 Å². The number of thiophene rings is 1. The molecular weight excluding hydrogens is 336 g/mol. The number of aromatic nitrogens is 2. The molecule has 0 N–H and O–H groups in total. The van der Waals surface area contributed by atoms with Gasteiger partial charge in [-0.25, -0.2) is 4.98 Å². The van der Waals surface area contributed by atoms with Gasteiger partial charge in [-0.1, -0.05) is 6.07 Å². The van der Waals surface area contributed by atoms with Crippen LogP contribution in [0.3, 0.4) is 0 Å². The van der Waals surface area contributed by atoms with Crippen LogP contribution in [0.5, 0.6) is 0 Å². The summed E-state index contributed by atoms with van der Waals surface area (Å²) in [4.78, 5) is 26.6. The van der Waals surface area contributed by atoms with Crippen molar-refractivity contribution in [2.75, 3.05) is 32.8 Å². The largest absolute Gasteiger partial charge is 0.371 e. The molecular formula is C18H22N4O2S. The first-order valence-electron chi connectivity index (χ1n) is 8.68. The molecule has 0 aliphatic carbocycles. The summed E-state index contributed by atoms with van der Waals surface area (Å²) in [5, 5.41) is 2.13. The van der Waals surface area contributed by atoms with Gasteiger partial charge in [0.05, 0.1) is 24.9 Å². The van der Waals surface area contributed by atoms with Crippen LogP contribution in [0.4, 0.5) is 0 Å². The number of rotatable bonds is 3. The molecule has 1 spiro atoms. The standard InChI is InChI=1S/C18H22N4O2S/c23-17(16-12-19-5-6-20-16)22-9-10-24-18(14-22)3-7-21(8-4-18)13-15-2-1-11-25-15/h1-2,5-6,11-12H,3-4,7-10,13-14H2. The van der Waals surface area contributed by atoms with Crippen LogP contribution in [0.2, 0.25) is 0 Å². The fourth-order valence-electron chi connectivity index (χ4n) is 3.63. The molecule has 0 unspecified atom stereocenters. The number of piperidine rings is 1. The molecule has 2 saturated heterocycles. The van der Waals surface area contributed by atoms with E-state index in [4.69, 9.17) is 4.74 Å². The third-order valence-corrected chi connectivity index (χ3v) is 5.91. The van der Waals surface area contributed by atoms with E-state index < -0.39 is 0 Å². The third kappa shape index (κ3) is 3.73. The predicted molar refractivity (Wildman–Crippen MR) is 95.4 cm³/mol. The molecule has 0 aromatic carbocycles. The Hall–Kier alpha value is -1.83. The maximum Gasteiger partial charge on any atom is 0.274 e. The lowest BCUT2D eigenvalue weighted by Gasteiger charge is -2.47. The van der Waals surface area contributed by atoms with Crippen molar-refractivity contribution in [2.45, 2.75) is 25.0 Å². The second-order valence-corrected chi connectivity index (χ2v) is 7.74. The SMILES string of the molecule is O=C(c1cnccn1)N1CCOC2(CCN(Cc3cccs3)CC2)C1. The lowest BCUT2D eigenvalue weighted by Crippen LogP contribution is -2.58. The molecule has 2 aliphatic heterocycles. The number of morpholine rings is 1. The van der Waals surface area contributed by atoms with Gasteiger partial charge in [0.15, 0.2) is 0 Å². The maximum absolute atomic E-state index is 12.7. The zero-order valence-electron chi connectivity index (χ0n) is 14.1. The Morgan fingerprint density at radius 2 is 2.16 bits per heavy atom. The van der Waals surface area contributed by atoms with E-state index in [1.54, 1.807) is 23.7 Å². The van der Waals surface area contributed by atoms with E-state index in [1.165, 1.54) is 11.1 Å². The summed E-state index contributed by atoms with van der Waals surface area (Å²) in [7, 11) is 0. The first kappa shape index (κ1) is 16.6. The Balaban J connectivity index is 1.37. The summed E-state index contributed by atoms with van der Waals surface area (Å²) in [6.45, 7) is 4.88. The highest BCUT2D eigenvalue weighted by Crippen LogP contribution is 2.31. The van der Waals surface area contributed by atoms with Crippen LogP contribution >= 0.6 is 11.3 Å². The first-order chi connectivity index (χ1) is 12.2. The van der Waals surface area contributed by atoms with Gasteiger partial charge in [0.25, 0.3) is 5.91 Å². The number of carbonyl (C=O) groups excluding carboxylic acids is 1. The smallest absolute Gasteiger partial charge is 0.274 e. The van der Waals surface area contributed by atoms with Crippen molar-refractivity contribution in [3.05, 3.63) is 46.7 Å². The minimum atomic E-state index is -0.206. The zero-order valence-corrected chi connectivity index (χ0v) is 15.0. The molecule has 25 heavy (non-hydrogen) atoms. The molecule has 2 aliphatic rings. The lowest BCUT2D eigenvalue weighted by atomic mass is 9.89. The fourth-order valence-corrected chi connectivity index (χ4v) is 4.38. The van der Waals surface area contributed by atoms with Crippen molar-refractivity contribution >= 4 is 17.2 Å². The minimum Gasteiger partial charge on any atom is -0.371 e. The molecule has 6 nitrogen and oxygen atoms in total. The van der Waals surface area contributed by atoms with Crippen molar-refractivity contribution in [3.63, 3.8) is 0 Å². The summed E-state index contributed by atoms with van der Waals surface area (Å²) in [5.74, 6) is -0.0446. The molecule has 1 amide bonds. The third-order valence-electron chi connectivity index (χ3n) is 5.04. The second kappa shape index (κ2) is 7.19. The highest BCUT2D eigenvalue weighted by Gasteiger charge is 2.41. The summed E-state index contributed by atoms with van der Waals surface area (Å²) in [6, 6.07) is 4.29. The Labute approximate surface area is 151 Å². The second-order valence-electron chi connectivity index (χ2n) is 6.70. The lowest BCUT2D eigenvalue weighted by molar-refractivity contribution is -0.127. The van der Waals surface area contributed by atoms with Crippen LogP contribution in [0.15, 0.2) is 36.1 Å². The van der Waals surface area contributed by atoms with Crippen molar-refractivity contribution in [2.24, 2.45) is 0 Å².